The number of methoxy groups -OCH3 is 1. The number of benzene rings is 1. The summed E-state index contributed by atoms with van der Waals surface area (Å²) in [6.07, 6.45) is 4.24. The van der Waals surface area contributed by atoms with Crippen molar-refractivity contribution < 1.29 is 19.7 Å². The molecule has 0 heterocycles. The highest BCUT2D eigenvalue weighted by Crippen LogP contribution is 2.26. The first kappa shape index (κ1) is 13.3. The Morgan fingerprint density at radius 2 is 2.22 bits per heavy atom. The van der Waals surface area contributed by atoms with E-state index in [1.165, 1.54) is 25.3 Å². The van der Waals surface area contributed by atoms with Gasteiger partial charge in [-0.3, -0.25) is 0 Å². The van der Waals surface area contributed by atoms with Crippen molar-refractivity contribution in [2.45, 2.75) is 0 Å². The molecule has 92 valence electrons. The largest absolute Gasteiger partial charge is 0.504 e. The number of phenols is 1. The fourth-order valence-electron chi connectivity index (χ4n) is 1.21. The molecule has 0 radical (unpaired) electrons. The molecule has 0 saturated carbocycles. The number of nitriles is 1. The van der Waals surface area contributed by atoms with Crippen LogP contribution in [0.15, 0.2) is 35.9 Å². The lowest BCUT2D eigenvalue weighted by molar-refractivity contribution is -0.132. The van der Waals surface area contributed by atoms with Gasteiger partial charge in [-0.1, -0.05) is 18.2 Å². The van der Waals surface area contributed by atoms with Crippen LogP contribution in [0.5, 0.6) is 11.5 Å². The summed E-state index contributed by atoms with van der Waals surface area (Å²) in [5.74, 6) is -0.932. The predicted octanol–water partition coefficient (Wildman–Crippen LogP) is 1.95. The Kier molecular flexibility index (Phi) is 4.52. The minimum absolute atomic E-state index is 0.0217. The number of hydrogen-bond donors (Lipinski definition) is 2. The van der Waals surface area contributed by atoms with E-state index in [2.05, 4.69) is 0 Å². The standard InChI is InChI=1S/C13H11NO4/c1-18-12-7-9(5-6-11(12)15)3-2-4-10(8-14)13(16)17/h2-7,15H,1H3,(H,16,17)/b3-2+,10-4+. The third-order valence-corrected chi connectivity index (χ3v) is 2.11. The van der Waals surface area contributed by atoms with Crippen molar-refractivity contribution >= 4 is 12.0 Å². The van der Waals surface area contributed by atoms with Crippen LogP contribution in [0, 0.1) is 11.3 Å². The predicted molar refractivity (Wildman–Crippen MR) is 65.0 cm³/mol. The molecule has 1 rings (SSSR count). The molecule has 0 aliphatic heterocycles. The summed E-state index contributed by atoms with van der Waals surface area (Å²) in [4.78, 5) is 10.5. The maximum atomic E-state index is 10.5. The maximum Gasteiger partial charge on any atom is 0.346 e. The molecule has 2 N–H and O–H groups in total. The number of aliphatic carboxylic acids is 1. The molecule has 0 aliphatic carbocycles. The van der Waals surface area contributed by atoms with Crippen molar-refractivity contribution in [2.75, 3.05) is 7.11 Å². The van der Waals surface area contributed by atoms with Gasteiger partial charge in [0.1, 0.15) is 11.6 Å². The molecule has 0 aliphatic rings. The molecule has 0 aromatic heterocycles. The molecule has 0 unspecified atom stereocenters. The fraction of sp³-hybridized carbons (Fsp3) is 0.0769. The number of carboxylic acid groups (broad SMARTS) is 1. The smallest absolute Gasteiger partial charge is 0.346 e. The summed E-state index contributed by atoms with van der Waals surface area (Å²) in [5, 5.41) is 26.5. The van der Waals surface area contributed by atoms with Gasteiger partial charge < -0.3 is 14.9 Å². The number of carbonyl (C=O) groups is 1. The highest BCUT2D eigenvalue weighted by molar-refractivity contribution is 5.91. The second-order valence-electron chi connectivity index (χ2n) is 3.29. The van der Waals surface area contributed by atoms with E-state index >= 15 is 0 Å². The van der Waals surface area contributed by atoms with Gasteiger partial charge >= 0.3 is 5.97 Å². The molecule has 0 atom stereocenters. The minimum Gasteiger partial charge on any atom is -0.504 e. The minimum atomic E-state index is -1.27. The van der Waals surface area contributed by atoms with E-state index < -0.39 is 5.97 Å². The summed E-state index contributed by atoms with van der Waals surface area (Å²) in [5.41, 5.74) is 0.362. The molecule has 1 aromatic carbocycles. The monoisotopic (exact) mass is 245 g/mol. The van der Waals surface area contributed by atoms with Gasteiger partial charge in [0.15, 0.2) is 11.5 Å². The molecule has 0 spiro atoms. The number of allylic oxidation sites excluding steroid dienone is 2. The zero-order valence-corrected chi connectivity index (χ0v) is 9.62. The van der Waals surface area contributed by atoms with Crippen LogP contribution < -0.4 is 4.74 Å². The third-order valence-electron chi connectivity index (χ3n) is 2.11. The quantitative estimate of drug-likeness (QED) is 0.480. The number of ether oxygens (including phenoxy) is 1. The number of aromatic hydroxyl groups is 1. The molecule has 0 bridgehead atoms. The fourth-order valence-corrected chi connectivity index (χ4v) is 1.21. The van der Waals surface area contributed by atoms with Gasteiger partial charge in [-0.2, -0.15) is 5.26 Å². The second kappa shape index (κ2) is 6.11. The number of phenolic OH excluding ortho intramolecular Hbond substituents is 1. The number of nitrogens with zero attached hydrogens (tertiary/aromatic N) is 1. The maximum absolute atomic E-state index is 10.5. The lowest BCUT2D eigenvalue weighted by atomic mass is 10.1. The van der Waals surface area contributed by atoms with Crippen molar-refractivity contribution in [1.29, 1.82) is 5.26 Å². The number of carboxylic acids is 1. The summed E-state index contributed by atoms with van der Waals surface area (Å²) >= 11 is 0. The SMILES string of the molecule is COc1cc(/C=C/C=C(\C#N)C(=O)O)ccc1O. The molecule has 5 nitrogen and oxygen atoms in total. The van der Waals surface area contributed by atoms with Crippen LogP contribution in [0.3, 0.4) is 0 Å². The van der Waals surface area contributed by atoms with Crippen LogP contribution in [0.4, 0.5) is 0 Å². The van der Waals surface area contributed by atoms with Crippen LogP contribution in [-0.2, 0) is 4.79 Å². The van der Waals surface area contributed by atoms with Crippen molar-refractivity contribution in [3.05, 3.63) is 41.5 Å². The lowest BCUT2D eigenvalue weighted by Crippen LogP contribution is -1.96. The van der Waals surface area contributed by atoms with E-state index in [1.54, 1.807) is 24.3 Å². The van der Waals surface area contributed by atoms with Gasteiger partial charge in [0.05, 0.1) is 7.11 Å². The van der Waals surface area contributed by atoms with E-state index in [0.29, 0.717) is 11.3 Å². The molecule has 5 heteroatoms. The first-order valence-electron chi connectivity index (χ1n) is 4.97. The van der Waals surface area contributed by atoms with Gasteiger partial charge in [-0.15, -0.1) is 0 Å². The van der Waals surface area contributed by atoms with E-state index in [0.717, 1.165) is 0 Å². The second-order valence-corrected chi connectivity index (χ2v) is 3.29. The van der Waals surface area contributed by atoms with Crippen LogP contribution in [0.1, 0.15) is 5.56 Å². The van der Waals surface area contributed by atoms with Gasteiger partial charge in [-0.25, -0.2) is 4.79 Å². The van der Waals surface area contributed by atoms with Crippen LogP contribution in [0.2, 0.25) is 0 Å². The zero-order chi connectivity index (χ0) is 13.5. The van der Waals surface area contributed by atoms with Gasteiger partial charge in [0.2, 0.25) is 0 Å². The van der Waals surface area contributed by atoms with E-state index in [9.17, 15) is 9.90 Å². The van der Waals surface area contributed by atoms with E-state index in [4.69, 9.17) is 15.1 Å². The average molecular weight is 245 g/mol. The van der Waals surface area contributed by atoms with E-state index in [1.807, 2.05) is 0 Å². The summed E-state index contributed by atoms with van der Waals surface area (Å²) in [6.45, 7) is 0. The van der Waals surface area contributed by atoms with Crippen molar-refractivity contribution in [1.82, 2.24) is 0 Å². The highest BCUT2D eigenvalue weighted by Gasteiger charge is 2.03. The Balaban J connectivity index is 2.92. The number of rotatable bonds is 4. The van der Waals surface area contributed by atoms with Crippen molar-refractivity contribution in [3.8, 4) is 17.6 Å². The first-order chi connectivity index (χ1) is 8.58. The Hall–Kier alpha value is -2.74. The Morgan fingerprint density at radius 1 is 1.50 bits per heavy atom. The molecule has 18 heavy (non-hydrogen) atoms. The van der Waals surface area contributed by atoms with Crippen LogP contribution in [0.25, 0.3) is 6.08 Å². The van der Waals surface area contributed by atoms with E-state index in [-0.39, 0.29) is 11.3 Å². The summed E-state index contributed by atoms with van der Waals surface area (Å²) in [6, 6.07) is 6.25. The molecular formula is C13H11NO4. The summed E-state index contributed by atoms with van der Waals surface area (Å²) in [7, 11) is 1.43. The highest BCUT2D eigenvalue weighted by atomic mass is 16.5. The van der Waals surface area contributed by atoms with Gasteiger partial charge in [0.25, 0.3) is 0 Å². The van der Waals surface area contributed by atoms with Crippen molar-refractivity contribution in [3.63, 3.8) is 0 Å². The van der Waals surface area contributed by atoms with Crippen molar-refractivity contribution in [2.24, 2.45) is 0 Å². The third kappa shape index (κ3) is 3.39. The van der Waals surface area contributed by atoms with Gasteiger partial charge in [-0.05, 0) is 23.8 Å². The molecule has 0 amide bonds. The topological polar surface area (TPSA) is 90.5 Å². The average Bonchev–Trinajstić information content (AvgIpc) is 2.36. The van der Waals surface area contributed by atoms with Crippen LogP contribution in [-0.4, -0.2) is 23.3 Å². The normalized spacial score (nSPS) is 11.2. The van der Waals surface area contributed by atoms with Crippen LogP contribution >= 0.6 is 0 Å². The zero-order valence-electron chi connectivity index (χ0n) is 9.62. The Bertz CT molecular complexity index is 553. The molecular weight excluding hydrogens is 234 g/mol. The molecule has 0 saturated heterocycles. The first-order valence-corrected chi connectivity index (χ1v) is 4.97. The molecule has 1 aromatic rings. The molecule has 0 fully saturated rings. The van der Waals surface area contributed by atoms with Gasteiger partial charge in [0, 0.05) is 0 Å². The Labute approximate surface area is 104 Å². The lowest BCUT2D eigenvalue weighted by Gasteiger charge is -2.03. The number of hydrogen-bond acceptors (Lipinski definition) is 4. The summed E-state index contributed by atoms with van der Waals surface area (Å²) < 4.78 is 4.93. The Morgan fingerprint density at radius 3 is 2.78 bits per heavy atom.